The SMILES string of the molecule is CC[Si]1(CC)c2cccc(-c3ccc(N(c4ccccc4)c4ccccc4)cc3)c2C=Cc2c(-c3ccc(N(c4ccccc4)c4ccccc4)cc3)cccc21. The normalized spacial score (nSPS) is 12.6. The third-order valence-electron chi connectivity index (χ3n) is 11.8. The third kappa shape index (κ3) is 6.71. The van der Waals surface area contributed by atoms with Crippen LogP contribution in [0.3, 0.4) is 0 Å². The average molecular weight is 751 g/mol. The fourth-order valence-corrected chi connectivity index (χ4v) is 13.5. The summed E-state index contributed by atoms with van der Waals surface area (Å²) in [5, 5.41) is 3.07. The molecular weight excluding hydrogens is 705 g/mol. The lowest BCUT2D eigenvalue weighted by atomic mass is 9.96. The van der Waals surface area contributed by atoms with E-state index < -0.39 is 8.07 Å². The highest BCUT2D eigenvalue weighted by molar-refractivity contribution is 7.03. The maximum atomic E-state index is 2.43. The molecule has 3 heteroatoms. The molecule has 0 aromatic heterocycles. The van der Waals surface area contributed by atoms with Crippen molar-refractivity contribution in [3.63, 3.8) is 0 Å². The summed E-state index contributed by atoms with van der Waals surface area (Å²) in [6.45, 7) is 4.84. The second-order valence-electron chi connectivity index (χ2n) is 14.8. The van der Waals surface area contributed by atoms with Gasteiger partial charge in [0, 0.05) is 34.1 Å². The predicted molar refractivity (Wildman–Crippen MR) is 248 cm³/mol. The Hall–Kier alpha value is -6.68. The third-order valence-corrected chi connectivity index (χ3v) is 17.1. The highest BCUT2D eigenvalue weighted by Crippen LogP contribution is 2.39. The first-order chi connectivity index (χ1) is 28.2. The molecule has 0 unspecified atom stereocenters. The Bertz CT molecular complexity index is 2350. The molecule has 0 radical (unpaired) electrons. The summed E-state index contributed by atoms with van der Waals surface area (Å²) < 4.78 is 0. The van der Waals surface area contributed by atoms with E-state index in [-0.39, 0.29) is 0 Å². The lowest BCUT2D eigenvalue weighted by Gasteiger charge is -2.33. The number of hydrogen-bond donors (Lipinski definition) is 0. The van der Waals surface area contributed by atoms with Crippen LogP contribution in [0.5, 0.6) is 0 Å². The van der Waals surface area contributed by atoms with Crippen molar-refractivity contribution in [3.8, 4) is 22.3 Å². The van der Waals surface area contributed by atoms with Crippen molar-refractivity contribution >= 4 is 64.7 Å². The Balaban J connectivity index is 1.11. The fourth-order valence-electron chi connectivity index (χ4n) is 8.93. The van der Waals surface area contributed by atoms with E-state index >= 15 is 0 Å². The van der Waals surface area contributed by atoms with Crippen LogP contribution in [-0.4, -0.2) is 8.07 Å². The van der Waals surface area contributed by atoms with Gasteiger partial charge in [0.15, 0.2) is 0 Å². The molecule has 0 spiro atoms. The van der Waals surface area contributed by atoms with Gasteiger partial charge in [0.2, 0.25) is 0 Å². The first-order valence-corrected chi connectivity index (χ1v) is 22.6. The summed E-state index contributed by atoms with van der Waals surface area (Å²) in [5.41, 5.74) is 14.6. The summed E-state index contributed by atoms with van der Waals surface area (Å²) in [6.07, 6.45) is 4.84. The molecule has 1 aliphatic rings. The van der Waals surface area contributed by atoms with E-state index in [0.29, 0.717) is 0 Å². The molecule has 276 valence electrons. The van der Waals surface area contributed by atoms with Crippen LogP contribution < -0.4 is 20.2 Å². The van der Waals surface area contributed by atoms with E-state index in [1.54, 1.807) is 0 Å². The van der Waals surface area contributed by atoms with E-state index in [1.807, 2.05) is 0 Å². The zero-order valence-electron chi connectivity index (χ0n) is 32.6. The van der Waals surface area contributed by atoms with Gasteiger partial charge in [-0.3, -0.25) is 0 Å². The first kappa shape index (κ1) is 36.0. The number of rotatable bonds is 10. The molecule has 0 amide bonds. The topological polar surface area (TPSA) is 6.48 Å². The number of fused-ring (bicyclic) bond motifs is 2. The molecule has 0 atom stereocenters. The van der Waals surface area contributed by atoms with Gasteiger partial charge >= 0.3 is 0 Å². The summed E-state index contributed by atoms with van der Waals surface area (Å²) in [6, 6.07) is 77.2. The molecule has 1 heterocycles. The number of anilines is 6. The Kier molecular flexibility index (Phi) is 9.99. The van der Waals surface area contributed by atoms with Gasteiger partial charge < -0.3 is 9.80 Å². The van der Waals surface area contributed by atoms with Crippen LogP contribution in [0.15, 0.2) is 206 Å². The second-order valence-corrected chi connectivity index (χ2v) is 19.4. The summed E-state index contributed by atoms with van der Waals surface area (Å²) >= 11 is 0. The highest BCUT2D eigenvalue weighted by atomic mass is 28.3. The zero-order chi connectivity index (χ0) is 38.6. The molecule has 0 saturated carbocycles. The van der Waals surface area contributed by atoms with Gasteiger partial charge in [-0.05, 0) is 117 Å². The molecule has 8 aromatic rings. The highest BCUT2D eigenvalue weighted by Gasteiger charge is 2.39. The van der Waals surface area contributed by atoms with Crippen LogP contribution in [0, 0.1) is 0 Å². The molecule has 0 aliphatic carbocycles. The van der Waals surface area contributed by atoms with Crippen molar-refractivity contribution in [1.82, 2.24) is 0 Å². The largest absolute Gasteiger partial charge is 0.311 e. The van der Waals surface area contributed by atoms with Gasteiger partial charge in [0.05, 0.1) is 0 Å². The maximum Gasteiger partial charge on any atom is 0.119 e. The molecular formula is C54H46N2Si. The van der Waals surface area contributed by atoms with E-state index in [0.717, 1.165) is 46.2 Å². The fraction of sp³-hybridized carbons (Fsp3) is 0.0741. The number of hydrogen-bond acceptors (Lipinski definition) is 2. The summed E-state index contributed by atoms with van der Waals surface area (Å²) in [7, 11) is -2.16. The van der Waals surface area contributed by atoms with Crippen molar-refractivity contribution in [2.75, 3.05) is 9.80 Å². The van der Waals surface area contributed by atoms with Crippen molar-refractivity contribution < 1.29 is 0 Å². The molecule has 0 bridgehead atoms. The molecule has 2 nitrogen and oxygen atoms in total. The minimum absolute atomic E-state index is 1.14. The predicted octanol–water partition coefficient (Wildman–Crippen LogP) is 14.0. The van der Waals surface area contributed by atoms with Crippen LogP contribution in [0.25, 0.3) is 34.4 Å². The lowest BCUT2D eigenvalue weighted by Crippen LogP contribution is -2.58. The molecule has 8 aromatic carbocycles. The zero-order valence-corrected chi connectivity index (χ0v) is 33.6. The Morgan fingerprint density at radius 3 is 0.912 bits per heavy atom. The van der Waals surface area contributed by atoms with Gasteiger partial charge in [-0.15, -0.1) is 0 Å². The van der Waals surface area contributed by atoms with Crippen molar-refractivity contribution in [2.45, 2.75) is 25.9 Å². The van der Waals surface area contributed by atoms with E-state index in [1.165, 1.54) is 43.8 Å². The van der Waals surface area contributed by atoms with Crippen LogP contribution >= 0.6 is 0 Å². The maximum absolute atomic E-state index is 2.43. The Morgan fingerprint density at radius 1 is 0.316 bits per heavy atom. The van der Waals surface area contributed by atoms with Gasteiger partial charge in [-0.1, -0.05) is 172 Å². The van der Waals surface area contributed by atoms with Crippen LogP contribution in [0.4, 0.5) is 34.1 Å². The molecule has 0 fully saturated rings. The first-order valence-electron chi connectivity index (χ1n) is 20.1. The van der Waals surface area contributed by atoms with Crippen LogP contribution in [0.1, 0.15) is 25.0 Å². The number of benzene rings is 8. The quantitative estimate of drug-likeness (QED) is 0.128. The molecule has 0 saturated heterocycles. The van der Waals surface area contributed by atoms with E-state index in [2.05, 4.69) is 242 Å². The molecule has 9 rings (SSSR count). The Labute approximate surface area is 338 Å². The number of nitrogens with zero attached hydrogens (tertiary/aromatic N) is 2. The molecule has 57 heavy (non-hydrogen) atoms. The van der Waals surface area contributed by atoms with Crippen molar-refractivity contribution in [2.24, 2.45) is 0 Å². The smallest absolute Gasteiger partial charge is 0.119 e. The summed E-state index contributed by atoms with van der Waals surface area (Å²) in [5.74, 6) is 0. The Morgan fingerprint density at radius 2 is 0.614 bits per heavy atom. The number of para-hydroxylation sites is 4. The minimum atomic E-state index is -2.16. The molecule has 1 aliphatic heterocycles. The van der Waals surface area contributed by atoms with Gasteiger partial charge in [0.1, 0.15) is 8.07 Å². The monoisotopic (exact) mass is 750 g/mol. The summed E-state index contributed by atoms with van der Waals surface area (Å²) in [4.78, 5) is 4.65. The van der Waals surface area contributed by atoms with Crippen LogP contribution in [0.2, 0.25) is 12.1 Å². The van der Waals surface area contributed by atoms with E-state index in [4.69, 9.17) is 0 Å². The minimum Gasteiger partial charge on any atom is -0.311 e. The molecule has 0 N–H and O–H groups in total. The van der Waals surface area contributed by atoms with E-state index in [9.17, 15) is 0 Å². The standard InChI is InChI=1S/C54H46N2Si/c1-3-57(4-2)53-29-17-27-49(41-31-35-47(36-32-41)55(43-19-9-5-10-20-43)44-21-11-6-12-22-44)51(53)39-40-52-50(28-18-30-54(52)57)42-33-37-48(38-34-42)56(45-23-13-7-14-24-45)46-25-15-8-16-26-46/h5-40H,3-4H2,1-2H3. The van der Waals surface area contributed by atoms with Crippen LogP contribution in [-0.2, 0) is 0 Å². The van der Waals surface area contributed by atoms with Gasteiger partial charge in [-0.2, -0.15) is 0 Å². The average Bonchev–Trinajstić information content (AvgIpc) is 3.43. The lowest BCUT2D eigenvalue weighted by molar-refractivity contribution is 1.28. The van der Waals surface area contributed by atoms with Crippen molar-refractivity contribution in [3.05, 3.63) is 217 Å². The van der Waals surface area contributed by atoms with Crippen molar-refractivity contribution in [1.29, 1.82) is 0 Å². The van der Waals surface area contributed by atoms with Gasteiger partial charge in [-0.25, -0.2) is 0 Å². The van der Waals surface area contributed by atoms with Gasteiger partial charge in [0.25, 0.3) is 0 Å². The second kappa shape index (κ2) is 15.8.